The first-order valence-electron chi connectivity index (χ1n) is 7.78. The van der Waals surface area contributed by atoms with Gasteiger partial charge in [-0.05, 0) is 43.4 Å². The Morgan fingerprint density at radius 1 is 1.32 bits per heavy atom. The van der Waals surface area contributed by atoms with Crippen LogP contribution in [-0.2, 0) is 9.59 Å². The molecule has 118 valence electrons. The van der Waals surface area contributed by atoms with E-state index in [4.69, 9.17) is 0 Å². The van der Waals surface area contributed by atoms with Crippen molar-refractivity contribution in [2.45, 2.75) is 32.7 Å². The molecule has 1 atom stereocenters. The topological polar surface area (TPSA) is 40.6 Å². The van der Waals surface area contributed by atoms with Crippen molar-refractivity contribution in [2.75, 3.05) is 24.7 Å². The van der Waals surface area contributed by atoms with Gasteiger partial charge in [-0.1, -0.05) is 18.2 Å². The van der Waals surface area contributed by atoms with E-state index >= 15 is 0 Å². The summed E-state index contributed by atoms with van der Waals surface area (Å²) in [6.45, 7) is 5.24. The van der Waals surface area contributed by atoms with Crippen LogP contribution in [0.1, 0.15) is 35.6 Å². The average Bonchev–Trinajstić information content (AvgIpc) is 3.12. The third-order valence-corrected chi connectivity index (χ3v) is 5.59. The maximum atomic E-state index is 12.6. The highest BCUT2D eigenvalue weighted by Crippen LogP contribution is 2.33. The summed E-state index contributed by atoms with van der Waals surface area (Å²) >= 11 is 1.58. The molecule has 3 rings (SSSR count). The Kier molecular flexibility index (Phi) is 4.43. The van der Waals surface area contributed by atoms with Crippen LogP contribution in [0.25, 0.3) is 0 Å². The Morgan fingerprint density at radius 2 is 2.14 bits per heavy atom. The lowest BCUT2D eigenvalue weighted by molar-refractivity contribution is -0.138. The van der Waals surface area contributed by atoms with Gasteiger partial charge in [-0.25, -0.2) is 0 Å². The zero-order valence-corrected chi connectivity index (χ0v) is 14.0. The second-order valence-electron chi connectivity index (χ2n) is 6.16. The van der Waals surface area contributed by atoms with Gasteiger partial charge in [-0.15, -0.1) is 11.8 Å². The molecule has 1 aromatic carbocycles. The van der Waals surface area contributed by atoms with E-state index in [9.17, 15) is 9.59 Å². The number of rotatable bonds is 3. The lowest BCUT2D eigenvalue weighted by Crippen LogP contribution is -2.40. The number of carbonyl (C=O) groups excluding carboxylic acids is 2. The van der Waals surface area contributed by atoms with Gasteiger partial charge in [0.05, 0.1) is 17.7 Å². The van der Waals surface area contributed by atoms with Gasteiger partial charge in [0.2, 0.25) is 11.8 Å². The van der Waals surface area contributed by atoms with Crippen molar-refractivity contribution < 1.29 is 9.59 Å². The summed E-state index contributed by atoms with van der Waals surface area (Å²) in [7, 11) is 0. The quantitative estimate of drug-likeness (QED) is 0.860. The number of hydrogen-bond donors (Lipinski definition) is 0. The highest BCUT2D eigenvalue weighted by molar-refractivity contribution is 8.00. The Labute approximate surface area is 135 Å². The highest BCUT2D eigenvalue weighted by atomic mass is 32.2. The number of thioether (sulfide) groups is 1. The molecule has 2 fully saturated rings. The van der Waals surface area contributed by atoms with Crippen LogP contribution in [0, 0.1) is 13.8 Å². The van der Waals surface area contributed by atoms with Crippen LogP contribution in [0.4, 0.5) is 0 Å². The minimum Gasteiger partial charge on any atom is -0.334 e. The van der Waals surface area contributed by atoms with Crippen LogP contribution >= 0.6 is 11.8 Å². The van der Waals surface area contributed by atoms with Crippen LogP contribution in [-0.4, -0.2) is 46.3 Å². The second-order valence-corrected chi connectivity index (χ2v) is 7.11. The molecule has 2 aliphatic heterocycles. The van der Waals surface area contributed by atoms with Gasteiger partial charge in [0.1, 0.15) is 6.54 Å². The Hall–Kier alpha value is -1.49. The Bertz CT molecular complexity index is 602. The van der Waals surface area contributed by atoms with E-state index in [2.05, 4.69) is 32.0 Å². The molecule has 0 spiro atoms. The van der Waals surface area contributed by atoms with Crippen LogP contribution < -0.4 is 0 Å². The van der Waals surface area contributed by atoms with Crippen LogP contribution in [0.3, 0.4) is 0 Å². The van der Waals surface area contributed by atoms with Crippen molar-refractivity contribution in [1.29, 1.82) is 0 Å². The third-order valence-electron chi connectivity index (χ3n) is 4.64. The maximum Gasteiger partial charge on any atom is 0.242 e. The fraction of sp³-hybridized carbons (Fsp3) is 0.529. The lowest BCUT2D eigenvalue weighted by atomic mass is 9.99. The van der Waals surface area contributed by atoms with Gasteiger partial charge >= 0.3 is 0 Å². The molecular weight excluding hydrogens is 296 g/mol. The van der Waals surface area contributed by atoms with Gasteiger partial charge in [-0.2, -0.15) is 0 Å². The van der Waals surface area contributed by atoms with E-state index < -0.39 is 0 Å². The number of nitrogens with zero attached hydrogens (tertiary/aromatic N) is 2. The number of benzene rings is 1. The van der Waals surface area contributed by atoms with Crippen LogP contribution in [0.15, 0.2) is 18.2 Å². The second kappa shape index (κ2) is 6.32. The molecule has 0 saturated carbocycles. The highest BCUT2D eigenvalue weighted by Gasteiger charge is 2.32. The van der Waals surface area contributed by atoms with Crippen LogP contribution in [0.5, 0.6) is 0 Å². The van der Waals surface area contributed by atoms with Gasteiger partial charge in [-0.3, -0.25) is 9.59 Å². The summed E-state index contributed by atoms with van der Waals surface area (Å²) in [6, 6.07) is 6.63. The lowest BCUT2D eigenvalue weighted by Gasteiger charge is -2.27. The molecule has 2 amide bonds. The van der Waals surface area contributed by atoms with Crippen molar-refractivity contribution in [1.82, 2.24) is 9.80 Å². The fourth-order valence-corrected chi connectivity index (χ4v) is 4.08. The van der Waals surface area contributed by atoms with Crippen LogP contribution in [0.2, 0.25) is 0 Å². The number of aryl methyl sites for hydroxylation is 2. The molecule has 1 unspecified atom stereocenters. The summed E-state index contributed by atoms with van der Waals surface area (Å²) in [5, 5.41) is 0. The number of likely N-dealkylation sites (tertiary alicyclic amines) is 1. The van der Waals surface area contributed by atoms with Gasteiger partial charge in [0.15, 0.2) is 0 Å². The van der Waals surface area contributed by atoms with Crippen molar-refractivity contribution in [2.24, 2.45) is 0 Å². The zero-order chi connectivity index (χ0) is 15.7. The molecule has 2 heterocycles. The molecule has 5 heteroatoms. The standard InChI is InChI=1S/C17H22N2O2S/c1-12-5-6-14(8-13(12)2)15-4-3-7-19(15)16(20)9-18-11-22-10-17(18)21/h5-6,8,15H,3-4,7,9-11H2,1-2H3. The van der Waals surface area contributed by atoms with E-state index in [0.717, 1.165) is 19.4 Å². The number of hydrogen-bond acceptors (Lipinski definition) is 3. The molecule has 2 aliphatic rings. The first-order chi connectivity index (χ1) is 10.6. The van der Waals surface area contributed by atoms with Crippen molar-refractivity contribution in [3.8, 4) is 0 Å². The fourth-order valence-electron chi connectivity index (χ4n) is 3.18. The summed E-state index contributed by atoms with van der Waals surface area (Å²) < 4.78 is 0. The molecule has 0 radical (unpaired) electrons. The van der Waals surface area contributed by atoms with Crippen molar-refractivity contribution in [3.05, 3.63) is 34.9 Å². The monoisotopic (exact) mass is 318 g/mol. The smallest absolute Gasteiger partial charge is 0.242 e. The summed E-state index contributed by atoms with van der Waals surface area (Å²) in [5.74, 6) is 1.32. The molecule has 0 aromatic heterocycles. The molecule has 1 aromatic rings. The first kappa shape index (κ1) is 15.4. The molecule has 4 nitrogen and oxygen atoms in total. The van der Waals surface area contributed by atoms with E-state index in [1.165, 1.54) is 16.7 Å². The molecule has 0 bridgehead atoms. The molecule has 2 saturated heterocycles. The molecular formula is C17H22N2O2S. The average molecular weight is 318 g/mol. The summed E-state index contributed by atoms with van der Waals surface area (Å²) in [5.41, 5.74) is 3.76. The Morgan fingerprint density at radius 3 is 2.82 bits per heavy atom. The van der Waals surface area contributed by atoms with E-state index in [0.29, 0.717) is 11.6 Å². The van der Waals surface area contributed by atoms with E-state index in [1.54, 1.807) is 16.7 Å². The summed E-state index contributed by atoms with van der Waals surface area (Å²) in [6.07, 6.45) is 2.04. The predicted octanol–water partition coefficient (Wildman–Crippen LogP) is 2.50. The van der Waals surface area contributed by atoms with E-state index in [-0.39, 0.29) is 24.4 Å². The minimum atomic E-state index is 0.0802. The van der Waals surface area contributed by atoms with Gasteiger partial charge < -0.3 is 9.80 Å². The Balaban J connectivity index is 1.73. The molecule has 0 N–H and O–H groups in total. The molecule has 0 aliphatic carbocycles. The van der Waals surface area contributed by atoms with Crippen molar-refractivity contribution >= 4 is 23.6 Å². The largest absolute Gasteiger partial charge is 0.334 e. The minimum absolute atomic E-state index is 0.0802. The normalized spacial score (nSPS) is 21.7. The number of carbonyl (C=O) groups is 2. The van der Waals surface area contributed by atoms with Gasteiger partial charge in [0.25, 0.3) is 0 Å². The molecule has 22 heavy (non-hydrogen) atoms. The maximum absolute atomic E-state index is 12.6. The van der Waals surface area contributed by atoms with Gasteiger partial charge in [0, 0.05) is 6.54 Å². The number of amides is 2. The van der Waals surface area contributed by atoms with Crippen molar-refractivity contribution in [3.63, 3.8) is 0 Å². The zero-order valence-electron chi connectivity index (χ0n) is 13.2. The SMILES string of the molecule is Cc1ccc(C2CCCN2C(=O)CN2CSCC2=O)cc1C. The predicted molar refractivity (Wildman–Crippen MR) is 88.6 cm³/mol. The summed E-state index contributed by atoms with van der Waals surface area (Å²) in [4.78, 5) is 27.9. The first-order valence-corrected chi connectivity index (χ1v) is 8.94. The van der Waals surface area contributed by atoms with E-state index in [1.807, 2.05) is 4.90 Å². The third kappa shape index (κ3) is 3.00.